The predicted octanol–water partition coefficient (Wildman–Crippen LogP) is 0.625. The topological polar surface area (TPSA) is 12.4 Å². The molecule has 0 aromatic rings. The molecule has 5 heavy (non-hydrogen) atoms. The average molecular weight is 67.1 g/mol. The molecule has 0 spiro atoms. The second-order valence-corrected chi connectivity index (χ2v) is 1.02. The van der Waals surface area contributed by atoms with Crippen LogP contribution in [-0.2, 0) is 0 Å². The van der Waals surface area contributed by atoms with Gasteiger partial charge >= 0.3 is 0 Å². The van der Waals surface area contributed by atoms with E-state index in [0.29, 0.717) is 6.04 Å². The van der Waals surface area contributed by atoms with E-state index < -0.39 is 0 Å². The van der Waals surface area contributed by atoms with Gasteiger partial charge in [-0.05, 0) is 0 Å². The molecule has 1 rings (SSSR count). The van der Waals surface area contributed by atoms with E-state index in [4.69, 9.17) is 0 Å². The highest BCUT2D eigenvalue weighted by Crippen LogP contribution is 1.98. The summed E-state index contributed by atoms with van der Waals surface area (Å²) in [7, 11) is 0. The first-order valence-electron chi connectivity index (χ1n) is 1.59. The fraction of sp³-hybridized carbons (Fsp3) is 0.250. The molecule has 0 N–H and O–H groups in total. The Hall–Kier alpha value is -0.590. The Kier molecular flexibility index (Phi) is 0.357. The molecule has 0 saturated carbocycles. The first-order chi connectivity index (χ1) is 2.43. The molecule has 1 unspecified atom stereocenters. The molecule has 0 aliphatic carbocycles. The van der Waals surface area contributed by atoms with Crippen LogP contribution in [0, 0.1) is 0 Å². The Morgan fingerprint density at radius 1 is 2.00 bits per heavy atom. The van der Waals surface area contributed by atoms with E-state index in [1.165, 1.54) is 0 Å². The van der Waals surface area contributed by atoms with Crippen molar-refractivity contribution in [1.29, 1.82) is 0 Å². The quantitative estimate of drug-likeness (QED) is 0.399. The van der Waals surface area contributed by atoms with Crippen molar-refractivity contribution < 1.29 is 0 Å². The molecular weight excluding hydrogens is 62.1 g/mol. The lowest BCUT2D eigenvalue weighted by Crippen LogP contribution is -1.70. The molecule has 1 heteroatoms. The number of hydrogen-bond acceptors (Lipinski definition) is 1. The lowest BCUT2D eigenvalue weighted by atomic mass is 10.5. The molecule has 1 atom stereocenters. The lowest BCUT2D eigenvalue weighted by molar-refractivity contribution is 1.30. The standard InChI is InChI=1S/C4H5N/c1-2-4-3-5-4/h2-4H,1H2. The fourth-order valence-corrected chi connectivity index (χ4v) is 0.171. The highest BCUT2D eigenvalue weighted by atomic mass is 14.9. The molecule has 0 bridgehead atoms. The number of hydrogen-bond donors (Lipinski definition) is 0. The molecule has 0 aromatic heterocycles. The van der Waals surface area contributed by atoms with Crippen molar-refractivity contribution in [2.75, 3.05) is 0 Å². The minimum absolute atomic E-state index is 0.398. The molecule has 0 saturated heterocycles. The number of rotatable bonds is 1. The average Bonchev–Trinajstić information content (AvgIpc) is 2.12. The molecule has 1 nitrogen and oxygen atoms in total. The van der Waals surface area contributed by atoms with Gasteiger partial charge in [0.1, 0.15) is 6.04 Å². The molecule has 0 amide bonds. The van der Waals surface area contributed by atoms with Gasteiger partial charge in [-0.1, -0.05) is 6.08 Å². The van der Waals surface area contributed by atoms with Gasteiger partial charge in [0, 0.05) is 6.21 Å². The van der Waals surface area contributed by atoms with Crippen LogP contribution in [0.1, 0.15) is 0 Å². The molecular formula is C4H5N. The van der Waals surface area contributed by atoms with E-state index in [9.17, 15) is 0 Å². The zero-order valence-electron chi connectivity index (χ0n) is 2.89. The smallest absolute Gasteiger partial charge is 0.102 e. The second-order valence-electron chi connectivity index (χ2n) is 1.02. The summed E-state index contributed by atoms with van der Waals surface area (Å²) >= 11 is 0. The largest absolute Gasteiger partial charge is 0.282 e. The van der Waals surface area contributed by atoms with Crippen LogP contribution in [0.15, 0.2) is 17.6 Å². The first-order valence-corrected chi connectivity index (χ1v) is 1.59. The van der Waals surface area contributed by atoms with Crippen molar-refractivity contribution in [2.24, 2.45) is 4.99 Å². The van der Waals surface area contributed by atoms with Gasteiger partial charge in [0.05, 0.1) is 0 Å². The fourth-order valence-electron chi connectivity index (χ4n) is 0.171. The molecule has 0 aromatic carbocycles. The van der Waals surface area contributed by atoms with Gasteiger partial charge in [-0.25, -0.2) is 0 Å². The summed E-state index contributed by atoms with van der Waals surface area (Å²) in [6.07, 6.45) is 3.66. The summed E-state index contributed by atoms with van der Waals surface area (Å²) in [5.41, 5.74) is 0. The van der Waals surface area contributed by atoms with Gasteiger partial charge in [-0.15, -0.1) is 6.58 Å². The van der Waals surface area contributed by atoms with Crippen LogP contribution in [0.4, 0.5) is 0 Å². The van der Waals surface area contributed by atoms with Crippen LogP contribution in [0.25, 0.3) is 0 Å². The minimum atomic E-state index is 0.398. The lowest BCUT2D eigenvalue weighted by Gasteiger charge is -1.63. The third-order valence-electron chi connectivity index (χ3n) is 0.563. The van der Waals surface area contributed by atoms with Crippen LogP contribution in [0.5, 0.6) is 0 Å². The van der Waals surface area contributed by atoms with E-state index in [2.05, 4.69) is 11.6 Å². The summed E-state index contributed by atoms with van der Waals surface area (Å²) in [6, 6.07) is 0.398. The van der Waals surface area contributed by atoms with Gasteiger partial charge in [0.2, 0.25) is 0 Å². The predicted molar refractivity (Wildman–Crippen MR) is 22.5 cm³/mol. The molecule has 1 heterocycles. The maximum Gasteiger partial charge on any atom is 0.102 e. The highest BCUT2D eigenvalue weighted by molar-refractivity contribution is 5.80. The van der Waals surface area contributed by atoms with Crippen molar-refractivity contribution >= 4 is 6.21 Å². The summed E-state index contributed by atoms with van der Waals surface area (Å²) in [5.74, 6) is 0. The van der Waals surface area contributed by atoms with E-state index >= 15 is 0 Å². The van der Waals surface area contributed by atoms with E-state index in [1.807, 2.05) is 6.21 Å². The Bertz CT molecular complexity index is 67.7. The first kappa shape index (κ1) is 2.64. The maximum atomic E-state index is 3.78. The molecule has 1 aliphatic heterocycles. The molecule has 26 valence electrons. The highest BCUT2D eigenvalue weighted by Gasteiger charge is 2.03. The van der Waals surface area contributed by atoms with Gasteiger partial charge in [-0.2, -0.15) is 0 Å². The Morgan fingerprint density at radius 3 is 2.60 bits per heavy atom. The van der Waals surface area contributed by atoms with Crippen LogP contribution in [-0.4, -0.2) is 12.3 Å². The van der Waals surface area contributed by atoms with Crippen molar-refractivity contribution in [1.82, 2.24) is 0 Å². The van der Waals surface area contributed by atoms with E-state index in [1.54, 1.807) is 6.08 Å². The van der Waals surface area contributed by atoms with Crippen LogP contribution in [0.3, 0.4) is 0 Å². The third kappa shape index (κ3) is 0.349. The van der Waals surface area contributed by atoms with Gasteiger partial charge in [0.25, 0.3) is 0 Å². The van der Waals surface area contributed by atoms with Gasteiger partial charge < -0.3 is 0 Å². The van der Waals surface area contributed by atoms with Crippen LogP contribution < -0.4 is 0 Å². The van der Waals surface area contributed by atoms with Crippen molar-refractivity contribution in [3.05, 3.63) is 12.7 Å². The van der Waals surface area contributed by atoms with Crippen molar-refractivity contribution in [2.45, 2.75) is 6.04 Å². The Labute approximate surface area is 31.0 Å². The zero-order chi connectivity index (χ0) is 3.70. The Morgan fingerprint density at radius 2 is 2.60 bits per heavy atom. The van der Waals surface area contributed by atoms with Crippen molar-refractivity contribution in [3.63, 3.8) is 0 Å². The summed E-state index contributed by atoms with van der Waals surface area (Å²) in [5, 5.41) is 0. The van der Waals surface area contributed by atoms with E-state index in [0.717, 1.165) is 0 Å². The van der Waals surface area contributed by atoms with Gasteiger partial charge in [0.15, 0.2) is 0 Å². The van der Waals surface area contributed by atoms with Crippen LogP contribution in [0.2, 0.25) is 0 Å². The normalized spacial score (nSPS) is 30.0. The van der Waals surface area contributed by atoms with E-state index in [-0.39, 0.29) is 0 Å². The zero-order valence-corrected chi connectivity index (χ0v) is 2.89. The summed E-state index contributed by atoms with van der Waals surface area (Å²) < 4.78 is 0. The number of nitrogens with zero attached hydrogens (tertiary/aromatic N) is 1. The molecule has 1 aliphatic rings. The maximum absolute atomic E-state index is 3.78. The summed E-state index contributed by atoms with van der Waals surface area (Å²) in [6.45, 7) is 3.50. The number of aliphatic imine (C=N–C) groups is 1. The van der Waals surface area contributed by atoms with Gasteiger partial charge in [-0.3, -0.25) is 4.99 Å². The third-order valence-corrected chi connectivity index (χ3v) is 0.563. The monoisotopic (exact) mass is 67.0 g/mol. The SMILES string of the molecule is C=CC1C=N1. The molecule has 0 radical (unpaired) electrons. The van der Waals surface area contributed by atoms with Crippen molar-refractivity contribution in [3.8, 4) is 0 Å². The summed E-state index contributed by atoms with van der Waals surface area (Å²) in [4.78, 5) is 3.78. The van der Waals surface area contributed by atoms with Crippen LogP contribution >= 0.6 is 0 Å². The molecule has 0 fully saturated rings. The Balaban J connectivity index is 2.28. The second kappa shape index (κ2) is 0.677. The minimum Gasteiger partial charge on any atom is -0.282 e.